The number of furan rings is 1. The molecule has 92 valence electrons. The highest BCUT2D eigenvalue weighted by atomic mass is 16.3. The van der Waals surface area contributed by atoms with Crippen LogP contribution in [0.5, 0.6) is 0 Å². The second-order valence-corrected chi connectivity index (χ2v) is 4.70. The largest absolute Gasteiger partial charge is 0.466 e. The zero-order valence-corrected chi connectivity index (χ0v) is 10.8. The molecule has 1 aliphatic heterocycles. The molecule has 17 heavy (non-hydrogen) atoms. The molecule has 0 amide bonds. The number of aliphatic imine (C=N–C) groups is 1. The molecule has 2 rings (SSSR count). The van der Waals surface area contributed by atoms with Crippen molar-refractivity contribution in [2.24, 2.45) is 4.99 Å². The van der Waals surface area contributed by atoms with E-state index < -0.39 is 0 Å². The molecule has 3 nitrogen and oxygen atoms in total. The molecule has 2 heterocycles. The predicted octanol–water partition coefficient (Wildman–Crippen LogP) is 2.72. The first-order valence-electron chi connectivity index (χ1n) is 6.25. The van der Waals surface area contributed by atoms with E-state index in [9.17, 15) is 0 Å². The summed E-state index contributed by atoms with van der Waals surface area (Å²) in [6, 6.07) is 4.55. The lowest BCUT2D eigenvalue weighted by Crippen LogP contribution is -2.27. The summed E-state index contributed by atoms with van der Waals surface area (Å²) in [7, 11) is 0. The molecule has 1 N–H and O–H groups in total. The van der Waals surface area contributed by atoms with E-state index in [1.165, 1.54) is 5.57 Å². The van der Waals surface area contributed by atoms with Gasteiger partial charge in [-0.05, 0) is 37.6 Å². The molecule has 0 bridgehead atoms. The Labute approximate surface area is 103 Å². The van der Waals surface area contributed by atoms with Crippen LogP contribution in [-0.2, 0) is 12.8 Å². The highest BCUT2D eigenvalue weighted by Crippen LogP contribution is 2.15. The first kappa shape index (κ1) is 12.0. The minimum Gasteiger partial charge on any atom is -0.466 e. The molecule has 1 aromatic rings. The standard InChI is InChI=1S/C14H20N2O/c1-4-12-5-6-13(17-12)7-11-8-14(15-9-11)16-10(2)3/h5-6,8,10H,4,7,9H2,1-3H3,(H,15,16). The van der Waals surface area contributed by atoms with Gasteiger partial charge in [0.05, 0.1) is 6.54 Å². The van der Waals surface area contributed by atoms with E-state index >= 15 is 0 Å². The summed E-state index contributed by atoms with van der Waals surface area (Å²) >= 11 is 0. The lowest BCUT2D eigenvalue weighted by atomic mass is 10.1. The van der Waals surface area contributed by atoms with Crippen LogP contribution in [0.25, 0.3) is 0 Å². The van der Waals surface area contributed by atoms with Gasteiger partial charge in [0.25, 0.3) is 0 Å². The molecule has 0 atom stereocenters. The van der Waals surface area contributed by atoms with Crippen molar-refractivity contribution >= 4 is 5.84 Å². The second kappa shape index (κ2) is 5.21. The zero-order valence-electron chi connectivity index (χ0n) is 10.8. The van der Waals surface area contributed by atoms with Crippen molar-refractivity contribution in [1.29, 1.82) is 0 Å². The number of nitrogens with one attached hydrogen (secondary N) is 1. The highest BCUT2D eigenvalue weighted by molar-refractivity contribution is 5.95. The van der Waals surface area contributed by atoms with Crippen LogP contribution >= 0.6 is 0 Å². The molecule has 1 aliphatic rings. The van der Waals surface area contributed by atoms with Gasteiger partial charge in [-0.25, -0.2) is 0 Å². The third-order valence-electron chi connectivity index (χ3n) is 2.70. The summed E-state index contributed by atoms with van der Waals surface area (Å²) in [5.41, 5.74) is 1.31. The van der Waals surface area contributed by atoms with Crippen molar-refractivity contribution in [2.75, 3.05) is 6.54 Å². The van der Waals surface area contributed by atoms with Gasteiger partial charge in [-0.2, -0.15) is 0 Å². The van der Waals surface area contributed by atoms with E-state index in [1.54, 1.807) is 0 Å². The van der Waals surface area contributed by atoms with Crippen LogP contribution in [0.15, 0.2) is 33.2 Å². The Balaban J connectivity index is 1.93. The van der Waals surface area contributed by atoms with Crippen LogP contribution in [0.3, 0.4) is 0 Å². The van der Waals surface area contributed by atoms with Gasteiger partial charge in [0.1, 0.15) is 17.4 Å². The van der Waals surface area contributed by atoms with Crippen LogP contribution in [0.1, 0.15) is 32.3 Å². The van der Waals surface area contributed by atoms with Gasteiger partial charge in [0.2, 0.25) is 0 Å². The van der Waals surface area contributed by atoms with Crippen LogP contribution < -0.4 is 5.32 Å². The van der Waals surface area contributed by atoms with Crippen LogP contribution in [0.2, 0.25) is 0 Å². The molecule has 1 aromatic heterocycles. The predicted molar refractivity (Wildman–Crippen MR) is 70.4 cm³/mol. The third-order valence-corrected chi connectivity index (χ3v) is 2.70. The molecule has 0 radical (unpaired) electrons. The van der Waals surface area contributed by atoms with Crippen molar-refractivity contribution in [3.05, 3.63) is 35.3 Å². The molecule has 3 heteroatoms. The van der Waals surface area contributed by atoms with Crippen LogP contribution in [-0.4, -0.2) is 18.4 Å². The Hall–Kier alpha value is -1.51. The van der Waals surface area contributed by atoms with E-state index in [0.717, 1.165) is 36.7 Å². The molecule has 0 unspecified atom stereocenters. The Morgan fingerprint density at radius 2 is 2.12 bits per heavy atom. The van der Waals surface area contributed by atoms with E-state index in [4.69, 9.17) is 4.42 Å². The van der Waals surface area contributed by atoms with E-state index in [2.05, 4.69) is 49.3 Å². The second-order valence-electron chi connectivity index (χ2n) is 4.70. The number of hydrogen-bond donors (Lipinski definition) is 1. The number of rotatable bonds is 4. The Morgan fingerprint density at radius 1 is 1.35 bits per heavy atom. The van der Waals surface area contributed by atoms with Gasteiger partial charge in [0, 0.05) is 18.9 Å². The van der Waals surface area contributed by atoms with Gasteiger partial charge in [0.15, 0.2) is 0 Å². The van der Waals surface area contributed by atoms with Gasteiger partial charge in [-0.3, -0.25) is 4.99 Å². The SMILES string of the molecule is CCc1ccc(CC2=CC(NC(C)C)=NC2)o1. The average Bonchev–Trinajstić information content (AvgIpc) is 2.88. The lowest BCUT2D eigenvalue weighted by molar-refractivity contribution is 0.477. The summed E-state index contributed by atoms with van der Waals surface area (Å²) < 4.78 is 5.70. The van der Waals surface area contributed by atoms with Gasteiger partial charge in [-0.1, -0.05) is 6.92 Å². The van der Waals surface area contributed by atoms with Crippen molar-refractivity contribution < 1.29 is 4.42 Å². The maximum Gasteiger partial charge on any atom is 0.121 e. The fourth-order valence-electron chi connectivity index (χ4n) is 1.89. The molecule has 0 fully saturated rings. The summed E-state index contributed by atoms with van der Waals surface area (Å²) in [5, 5.41) is 3.32. The summed E-state index contributed by atoms with van der Waals surface area (Å²) in [4.78, 5) is 4.45. The summed E-state index contributed by atoms with van der Waals surface area (Å²) in [6.45, 7) is 7.13. The maximum atomic E-state index is 5.70. The van der Waals surface area contributed by atoms with Gasteiger partial charge < -0.3 is 9.73 Å². The zero-order chi connectivity index (χ0) is 12.3. The number of nitrogens with zero attached hydrogens (tertiary/aromatic N) is 1. The minimum absolute atomic E-state index is 0.430. The maximum absolute atomic E-state index is 5.70. The summed E-state index contributed by atoms with van der Waals surface area (Å²) in [6.07, 6.45) is 3.95. The molecule has 0 aromatic carbocycles. The summed E-state index contributed by atoms with van der Waals surface area (Å²) in [5.74, 6) is 3.09. The van der Waals surface area contributed by atoms with E-state index in [0.29, 0.717) is 6.04 Å². The van der Waals surface area contributed by atoms with Gasteiger partial charge >= 0.3 is 0 Å². The highest BCUT2D eigenvalue weighted by Gasteiger charge is 2.11. The van der Waals surface area contributed by atoms with E-state index in [1.807, 2.05) is 0 Å². The topological polar surface area (TPSA) is 37.5 Å². The Kier molecular flexibility index (Phi) is 3.67. The Bertz CT molecular complexity index is 441. The molecule has 0 spiro atoms. The number of hydrogen-bond acceptors (Lipinski definition) is 3. The smallest absolute Gasteiger partial charge is 0.121 e. The first-order valence-corrected chi connectivity index (χ1v) is 6.25. The van der Waals surface area contributed by atoms with E-state index in [-0.39, 0.29) is 0 Å². The third kappa shape index (κ3) is 3.22. The number of amidine groups is 1. The quantitative estimate of drug-likeness (QED) is 0.866. The Morgan fingerprint density at radius 3 is 2.76 bits per heavy atom. The van der Waals surface area contributed by atoms with Gasteiger partial charge in [-0.15, -0.1) is 0 Å². The fourth-order valence-corrected chi connectivity index (χ4v) is 1.89. The van der Waals surface area contributed by atoms with Crippen molar-refractivity contribution in [3.8, 4) is 0 Å². The molecule has 0 saturated heterocycles. The van der Waals surface area contributed by atoms with Crippen molar-refractivity contribution in [3.63, 3.8) is 0 Å². The number of aryl methyl sites for hydroxylation is 1. The first-order chi connectivity index (χ1) is 8.17. The minimum atomic E-state index is 0.430. The van der Waals surface area contributed by atoms with Crippen LogP contribution in [0.4, 0.5) is 0 Å². The molecule has 0 saturated carbocycles. The fraction of sp³-hybridized carbons (Fsp3) is 0.500. The molecule has 0 aliphatic carbocycles. The lowest BCUT2D eigenvalue weighted by Gasteiger charge is -2.06. The average molecular weight is 232 g/mol. The molecular formula is C14H20N2O. The van der Waals surface area contributed by atoms with Crippen molar-refractivity contribution in [2.45, 2.75) is 39.7 Å². The monoisotopic (exact) mass is 232 g/mol. The molecular weight excluding hydrogens is 212 g/mol. The normalized spacial score (nSPS) is 15.1. The van der Waals surface area contributed by atoms with Crippen LogP contribution in [0, 0.1) is 0 Å². The van der Waals surface area contributed by atoms with Crippen molar-refractivity contribution in [1.82, 2.24) is 5.32 Å².